The lowest BCUT2D eigenvalue weighted by Crippen LogP contribution is -2.38. The van der Waals surface area contributed by atoms with Gasteiger partial charge >= 0.3 is 5.97 Å². The molecule has 9 heteroatoms. The van der Waals surface area contributed by atoms with Crippen molar-refractivity contribution in [3.05, 3.63) is 10.9 Å². The summed E-state index contributed by atoms with van der Waals surface area (Å²) in [7, 11) is -1.19. The van der Waals surface area contributed by atoms with Gasteiger partial charge in [-0.3, -0.25) is 0 Å². The van der Waals surface area contributed by atoms with Crippen molar-refractivity contribution in [3.8, 4) is 5.75 Å². The number of carbonyl (C=O) groups is 1. The number of thiophene rings is 1. The predicted octanol–water partition coefficient (Wildman–Crippen LogP) is 0.559. The summed E-state index contributed by atoms with van der Waals surface area (Å²) >= 11 is 0.809. The zero-order valence-electron chi connectivity index (χ0n) is 11.8. The summed E-state index contributed by atoms with van der Waals surface area (Å²) in [6.45, 7) is 0.168. The van der Waals surface area contributed by atoms with Gasteiger partial charge in [0.25, 0.3) is 10.0 Å². The molecule has 1 saturated carbocycles. The van der Waals surface area contributed by atoms with E-state index < -0.39 is 16.0 Å². The zero-order chi connectivity index (χ0) is 15.6. The molecule has 0 aliphatic heterocycles. The average Bonchev–Trinajstić information content (AvgIpc) is 3.22. The molecule has 1 heterocycles. The first-order valence-corrected chi connectivity index (χ1v) is 8.70. The normalized spacial score (nSPS) is 16.5. The fraction of sp³-hybridized carbons (Fsp3) is 0.583. The Morgan fingerprint density at radius 3 is 2.71 bits per heavy atom. The third-order valence-corrected chi connectivity index (χ3v) is 6.29. The molecule has 21 heavy (non-hydrogen) atoms. The number of sulfonamides is 1. The topological polar surface area (TPSA) is 108 Å². The summed E-state index contributed by atoms with van der Waals surface area (Å²) in [4.78, 5) is 11.7. The molecule has 118 valence electrons. The van der Waals surface area contributed by atoms with Gasteiger partial charge in [-0.1, -0.05) is 0 Å². The molecular formula is C12H18N2O5S2. The summed E-state index contributed by atoms with van der Waals surface area (Å²) in [5, 5.41) is 0. The number of nitrogens with one attached hydrogen (secondary N) is 1. The molecule has 3 N–H and O–H groups in total. The summed E-state index contributed by atoms with van der Waals surface area (Å²) in [5.74, 6) is -0.0918. The highest BCUT2D eigenvalue weighted by molar-refractivity contribution is 7.91. The van der Waals surface area contributed by atoms with Crippen LogP contribution in [0.2, 0.25) is 0 Å². The van der Waals surface area contributed by atoms with Crippen LogP contribution in [-0.2, 0) is 14.8 Å². The summed E-state index contributed by atoms with van der Waals surface area (Å²) < 4.78 is 36.6. The highest BCUT2D eigenvalue weighted by Gasteiger charge is 2.31. The van der Waals surface area contributed by atoms with Crippen molar-refractivity contribution < 1.29 is 22.7 Å². The van der Waals surface area contributed by atoms with E-state index in [9.17, 15) is 13.2 Å². The molecule has 0 spiro atoms. The van der Waals surface area contributed by atoms with Gasteiger partial charge in [0, 0.05) is 18.7 Å². The number of ether oxygens (including phenoxy) is 2. The molecule has 1 aromatic rings. The number of nitrogens with two attached hydrogens (primary N) is 1. The Labute approximate surface area is 127 Å². The number of carbonyl (C=O) groups excluding carboxylic acids is 1. The lowest BCUT2D eigenvalue weighted by molar-refractivity contribution is 0.0606. The fourth-order valence-corrected chi connectivity index (χ4v) is 4.46. The quantitative estimate of drug-likeness (QED) is 0.705. The average molecular weight is 334 g/mol. The largest absolute Gasteiger partial charge is 0.494 e. The number of rotatable bonds is 7. The van der Waals surface area contributed by atoms with Gasteiger partial charge in [0.05, 0.1) is 14.2 Å². The Hall–Kier alpha value is -1.16. The minimum atomic E-state index is -3.77. The maximum absolute atomic E-state index is 12.3. The summed E-state index contributed by atoms with van der Waals surface area (Å²) in [6, 6.07) is 1.16. The second-order valence-corrected chi connectivity index (χ2v) is 7.83. The monoisotopic (exact) mass is 334 g/mol. The first kappa shape index (κ1) is 16.2. The van der Waals surface area contributed by atoms with E-state index in [1.165, 1.54) is 20.3 Å². The van der Waals surface area contributed by atoms with E-state index in [0.717, 1.165) is 24.2 Å². The third-order valence-electron chi connectivity index (χ3n) is 3.25. The van der Waals surface area contributed by atoms with E-state index >= 15 is 0 Å². The number of hydrogen-bond donors (Lipinski definition) is 2. The van der Waals surface area contributed by atoms with Crippen molar-refractivity contribution >= 4 is 27.3 Å². The standard InChI is InChI=1S/C12H18N2O5S2/c1-18-9-5-10(11(15)19-2)20-12(9)21(16,17)14-6-8(13)7-3-4-7/h5,7-8,14H,3-4,6,13H2,1-2H3. The molecule has 2 rings (SSSR count). The Kier molecular flexibility index (Phi) is 4.87. The van der Waals surface area contributed by atoms with E-state index in [0.29, 0.717) is 5.92 Å². The lowest BCUT2D eigenvalue weighted by Gasteiger charge is -2.11. The van der Waals surface area contributed by atoms with Crippen LogP contribution in [0, 0.1) is 5.92 Å². The molecule has 0 aromatic carbocycles. The van der Waals surface area contributed by atoms with Crippen molar-refractivity contribution in [3.63, 3.8) is 0 Å². The number of methoxy groups -OCH3 is 2. The minimum absolute atomic E-state index is 0.0478. The van der Waals surface area contributed by atoms with Gasteiger partial charge in [-0.2, -0.15) is 0 Å². The fourth-order valence-electron chi connectivity index (χ4n) is 1.85. The predicted molar refractivity (Wildman–Crippen MR) is 78.1 cm³/mol. The second-order valence-electron chi connectivity index (χ2n) is 4.81. The van der Waals surface area contributed by atoms with Gasteiger partial charge in [0.15, 0.2) is 9.96 Å². The maximum atomic E-state index is 12.3. The minimum Gasteiger partial charge on any atom is -0.494 e. The van der Waals surface area contributed by atoms with E-state index in [-0.39, 0.29) is 27.4 Å². The van der Waals surface area contributed by atoms with Crippen molar-refractivity contribution in [2.45, 2.75) is 23.1 Å². The molecule has 1 atom stereocenters. The maximum Gasteiger partial charge on any atom is 0.348 e. The summed E-state index contributed by atoms with van der Waals surface area (Å²) in [5.41, 5.74) is 5.88. The zero-order valence-corrected chi connectivity index (χ0v) is 13.4. The van der Waals surface area contributed by atoms with Crippen LogP contribution in [0.1, 0.15) is 22.5 Å². The Balaban J connectivity index is 2.17. The first-order valence-electron chi connectivity index (χ1n) is 6.40. The highest BCUT2D eigenvalue weighted by atomic mass is 32.2. The molecular weight excluding hydrogens is 316 g/mol. The van der Waals surface area contributed by atoms with Gasteiger partial charge in [-0.25, -0.2) is 17.9 Å². The molecule has 1 fully saturated rings. The van der Waals surface area contributed by atoms with Crippen LogP contribution in [0.25, 0.3) is 0 Å². The van der Waals surface area contributed by atoms with E-state index in [4.69, 9.17) is 10.5 Å². The van der Waals surface area contributed by atoms with Crippen LogP contribution >= 0.6 is 11.3 Å². The van der Waals surface area contributed by atoms with Crippen LogP contribution in [0.5, 0.6) is 5.75 Å². The van der Waals surface area contributed by atoms with Crippen molar-refractivity contribution in [2.24, 2.45) is 11.7 Å². The van der Waals surface area contributed by atoms with Crippen LogP contribution < -0.4 is 15.2 Å². The van der Waals surface area contributed by atoms with E-state index in [1.807, 2.05) is 0 Å². The summed E-state index contributed by atoms with van der Waals surface area (Å²) in [6.07, 6.45) is 2.08. The molecule has 1 aliphatic carbocycles. The molecule has 7 nitrogen and oxygen atoms in total. The second kappa shape index (κ2) is 6.30. The first-order chi connectivity index (χ1) is 9.89. The molecule has 1 aromatic heterocycles. The van der Waals surface area contributed by atoms with Crippen LogP contribution in [0.15, 0.2) is 10.3 Å². The van der Waals surface area contributed by atoms with Crippen molar-refractivity contribution in [1.82, 2.24) is 4.72 Å². The van der Waals surface area contributed by atoms with Crippen LogP contribution in [0.4, 0.5) is 0 Å². The van der Waals surface area contributed by atoms with Crippen molar-refractivity contribution in [1.29, 1.82) is 0 Å². The smallest absolute Gasteiger partial charge is 0.348 e. The van der Waals surface area contributed by atoms with E-state index in [2.05, 4.69) is 9.46 Å². The van der Waals surface area contributed by atoms with E-state index in [1.54, 1.807) is 0 Å². The number of hydrogen-bond acceptors (Lipinski definition) is 7. The Morgan fingerprint density at radius 1 is 1.52 bits per heavy atom. The van der Waals surface area contributed by atoms with Crippen LogP contribution in [0.3, 0.4) is 0 Å². The van der Waals surface area contributed by atoms with Gasteiger partial charge in [0.2, 0.25) is 0 Å². The molecule has 0 amide bonds. The Bertz CT molecular complexity index is 622. The Morgan fingerprint density at radius 2 is 2.19 bits per heavy atom. The molecule has 0 radical (unpaired) electrons. The van der Waals surface area contributed by atoms with Gasteiger partial charge in [0.1, 0.15) is 4.88 Å². The van der Waals surface area contributed by atoms with Gasteiger partial charge in [-0.15, -0.1) is 11.3 Å². The van der Waals surface area contributed by atoms with Crippen LogP contribution in [-0.4, -0.2) is 41.2 Å². The number of esters is 1. The van der Waals surface area contributed by atoms with Crippen molar-refractivity contribution in [2.75, 3.05) is 20.8 Å². The molecule has 1 aliphatic rings. The van der Waals surface area contributed by atoms with Gasteiger partial charge in [-0.05, 0) is 18.8 Å². The SMILES string of the molecule is COC(=O)c1cc(OC)c(S(=O)(=O)NCC(N)C2CC2)s1. The highest BCUT2D eigenvalue weighted by Crippen LogP contribution is 2.34. The molecule has 1 unspecified atom stereocenters. The molecule has 0 bridgehead atoms. The third kappa shape index (κ3) is 3.73. The molecule has 0 saturated heterocycles. The lowest BCUT2D eigenvalue weighted by atomic mass is 10.2. The van der Waals surface area contributed by atoms with Gasteiger partial charge < -0.3 is 15.2 Å².